The molecule has 0 spiro atoms. The predicted octanol–water partition coefficient (Wildman–Crippen LogP) is 4.26. The Labute approximate surface area is 143 Å². The summed E-state index contributed by atoms with van der Waals surface area (Å²) >= 11 is 0. The fraction of sp³-hybridized carbons (Fsp3) is 0.650. The van der Waals surface area contributed by atoms with E-state index >= 15 is 0 Å². The molecular weight excluding hydrogens is 302 g/mol. The van der Waals surface area contributed by atoms with Gasteiger partial charge in [0.2, 0.25) is 0 Å². The first-order chi connectivity index (χ1) is 11.6. The van der Waals surface area contributed by atoms with Crippen LogP contribution in [-0.4, -0.2) is 25.0 Å². The van der Waals surface area contributed by atoms with E-state index in [2.05, 4.69) is 18.1 Å². The van der Waals surface area contributed by atoms with Crippen LogP contribution in [0.4, 0.5) is 0 Å². The molecule has 4 atom stereocenters. The molecule has 0 aromatic heterocycles. The summed E-state index contributed by atoms with van der Waals surface area (Å²) in [5.74, 6) is 2.86. The maximum absolute atomic E-state index is 10.1. The zero-order chi connectivity index (χ0) is 16.9. The van der Waals surface area contributed by atoms with E-state index in [9.17, 15) is 5.11 Å². The number of benzene rings is 1. The van der Waals surface area contributed by atoms with Crippen molar-refractivity contribution in [2.75, 3.05) is 14.2 Å². The SMILES string of the molecule is CO/N=C1\CC[C@H]2[C@@H]3CCc4cc(O)c(OC)cc4[C@H]3CC[C@]12C. The van der Waals surface area contributed by atoms with Gasteiger partial charge in [-0.1, -0.05) is 12.1 Å². The van der Waals surface area contributed by atoms with Crippen LogP contribution in [0.5, 0.6) is 11.5 Å². The Morgan fingerprint density at radius 1 is 1.17 bits per heavy atom. The number of hydrogen-bond acceptors (Lipinski definition) is 4. The molecule has 130 valence electrons. The number of nitrogens with zero attached hydrogens (tertiary/aromatic N) is 1. The van der Waals surface area contributed by atoms with Gasteiger partial charge in [-0.05, 0) is 79.5 Å². The highest BCUT2D eigenvalue weighted by molar-refractivity contribution is 5.92. The van der Waals surface area contributed by atoms with Gasteiger partial charge in [0.05, 0.1) is 12.8 Å². The second-order valence-electron chi connectivity index (χ2n) is 7.85. The quantitative estimate of drug-likeness (QED) is 0.825. The van der Waals surface area contributed by atoms with Crippen molar-refractivity contribution in [1.82, 2.24) is 0 Å². The fourth-order valence-corrected chi connectivity index (χ4v) is 5.80. The zero-order valence-electron chi connectivity index (χ0n) is 14.8. The number of phenolic OH excluding ortho intramolecular Hbond substituents is 1. The number of aryl methyl sites for hydroxylation is 1. The summed E-state index contributed by atoms with van der Waals surface area (Å²) in [4.78, 5) is 5.12. The van der Waals surface area contributed by atoms with Crippen molar-refractivity contribution in [3.05, 3.63) is 23.3 Å². The van der Waals surface area contributed by atoms with Crippen LogP contribution in [0.1, 0.15) is 56.1 Å². The Bertz CT molecular complexity index is 684. The van der Waals surface area contributed by atoms with Gasteiger partial charge < -0.3 is 14.7 Å². The molecule has 0 bridgehead atoms. The predicted molar refractivity (Wildman–Crippen MR) is 93.7 cm³/mol. The van der Waals surface area contributed by atoms with Gasteiger partial charge in [0.15, 0.2) is 11.5 Å². The van der Waals surface area contributed by atoms with Crippen LogP contribution >= 0.6 is 0 Å². The van der Waals surface area contributed by atoms with Gasteiger partial charge in [0, 0.05) is 5.41 Å². The van der Waals surface area contributed by atoms with Crippen LogP contribution in [-0.2, 0) is 11.3 Å². The summed E-state index contributed by atoms with van der Waals surface area (Å²) in [5, 5.41) is 14.5. The lowest BCUT2D eigenvalue weighted by molar-refractivity contribution is 0.0923. The number of rotatable bonds is 2. The Morgan fingerprint density at radius 2 is 2.00 bits per heavy atom. The van der Waals surface area contributed by atoms with Crippen molar-refractivity contribution in [2.24, 2.45) is 22.4 Å². The lowest BCUT2D eigenvalue weighted by atomic mass is 9.55. The number of oxime groups is 1. The minimum Gasteiger partial charge on any atom is -0.504 e. The van der Waals surface area contributed by atoms with Crippen LogP contribution in [0, 0.1) is 17.3 Å². The van der Waals surface area contributed by atoms with Crippen molar-refractivity contribution in [3.8, 4) is 11.5 Å². The molecule has 24 heavy (non-hydrogen) atoms. The van der Waals surface area contributed by atoms with E-state index in [1.165, 1.54) is 42.5 Å². The number of methoxy groups -OCH3 is 1. The highest BCUT2D eigenvalue weighted by Crippen LogP contribution is 2.60. The molecule has 2 fully saturated rings. The highest BCUT2D eigenvalue weighted by atomic mass is 16.6. The first kappa shape index (κ1) is 15.8. The first-order valence-corrected chi connectivity index (χ1v) is 9.08. The fourth-order valence-electron chi connectivity index (χ4n) is 5.80. The molecular formula is C20H27NO3. The van der Waals surface area contributed by atoms with E-state index in [4.69, 9.17) is 9.57 Å². The van der Waals surface area contributed by atoms with Gasteiger partial charge >= 0.3 is 0 Å². The van der Waals surface area contributed by atoms with Gasteiger partial charge in [0.25, 0.3) is 0 Å². The molecule has 4 heteroatoms. The molecule has 0 aliphatic heterocycles. The lowest BCUT2D eigenvalue weighted by Crippen LogP contribution is -2.42. The summed E-state index contributed by atoms with van der Waals surface area (Å²) in [6, 6.07) is 4.01. The number of phenols is 1. The summed E-state index contributed by atoms with van der Waals surface area (Å²) in [5.41, 5.74) is 4.18. The Morgan fingerprint density at radius 3 is 2.75 bits per heavy atom. The molecule has 0 heterocycles. The summed E-state index contributed by atoms with van der Waals surface area (Å²) < 4.78 is 5.36. The van der Waals surface area contributed by atoms with Gasteiger partial charge in [0.1, 0.15) is 7.11 Å². The maximum atomic E-state index is 10.1. The van der Waals surface area contributed by atoms with Crippen LogP contribution in [0.2, 0.25) is 0 Å². The number of aromatic hydroxyl groups is 1. The molecule has 1 aromatic rings. The Kier molecular flexibility index (Phi) is 3.74. The molecule has 0 radical (unpaired) electrons. The van der Waals surface area contributed by atoms with E-state index in [1.807, 2.05) is 6.07 Å². The molecule has 4 nitrogen and oxygen atoms in total. The smallest absolute Gasteiger partial charge is 0.160 e. The molecule has 4 rings (SSSR count). The minimum atomic E-state index is 0.204. The second kappa shape index (κ2) is 5.68. The summed E-state index contributed by atoms with van der Waals surface area (Å²) in [6.45, 7) is 2.39. The van der Waals surface area contributed by atoms with Gasteiger partial charge in [-0.3, -0.25) is 0 Å². The molecule has 2 saturated carbocycles. The zero-order valence-corrected chi connectivity index (χ0v) is 14.8. The van der Waals surface area contributed by atoms with Crippen LogP contribution < -0.4 is 4.74 Å². The molecule has 3 aliphatic rings. The number of fused-ring (bicyclic) bond motifs is 5. The molecule has 1 N–H and O–H groups in total. The molecule has 0 unspecified atom stereocenters. The van der Waals surface area contributed by atoms with Crippen molar-refractivity contribution < 1.29 is 14.7 Å². The Balaban J connectivity index is 1.70. The van der Waals surface area contributed by atoms with Gasteiger partial charge in [-0.2, -0.15) is 0 Å². The van der Waals surface area contributed by atoms with E-state index in [0.29, 0.717) is 23.5 Å². The second-order valence-corrected chi connectivity index (χ2v) is 7.85. The number of ether oxygens (including phenoxy) is 1. The van der Waals surface area contributed by atoms with E-state index in [0.717, 1.165) is 12.8 Å². The largest absolute Gasteiger partial charge is 0.504 e. The third-order valence-electron chi connectivity index (χ3n) is 6.97. The maximum Gasteiger partial charge on any atom is 0.160 e. The average molecular weight is 329 g/mol. The van der Waals surface area contributed by atoms with Gasteiger partial charge in [-0.25, -0.2) is 0 Å². The minimum absolute atomic E-state index is 0.204. The summed E-state index contributed by atoms with van der Waals surface area (Å²) in [6.07, 6.45) is 6.92. The van der Waals surface area contributed by atoms with E-state index < -0.39 is 0 Å². The monoisotopic (exact) mass is 329 g/mol. The van der Waals surface area contributed by atoms with Gasteiger partial charge in [-0.15, -0.1) is 0 Å². The van der Waals surface area contributed by atoms with Crippen LogP contribution in [0.15, 0.2) is 17.3 Å². The third-order valence-corrected chi connectivity index (χ3v) is 6.97. The van der Waals surface area contributed by atoms with Crippen molar-refractivity contribution >= 4 is 5.71 Å². The molecule has 3 aliphatic carbocycles. The normalized spacial score (nSPS) is 36.0. The van der Waals surface area contributed by atoms with E-state index in [-0.39, 0.29) is 11.2 Å². The third kappa shape index (κ3) is 2.15. The number of hydrogen-bond donors (Lipinski definition) is 1. The average Bonchev–Trinajstić information content (AvgIpc) is 2.91. The molecule has 0 amide bonds. The standard InChI is InChI=1S/C20H27NO3/c1-20-9-8-13-14(16(20)6-7-19(20)21-24-3)5-4-12-10-17(22)18(23-2)11-15(12)13/h10-11,13-14,16,22H,4-9H2,1-3H3/b21-19+/t13-,14+,16-,20-/m0/s1. The molecule has 0 saturated heterocycles. The van der Waals surface area contributed by atoms with Crippen molar-refractivity contribution in [3.63, 3.8) is 0 Å². The lowest BCUT2D eigenvalue weighted by Gasteiger charge is -2.49. The Hall–Kier alpha value is -1.71. The van der Waals surface area contributed by atoms with Crippen molar-refractivity contribution in [1.29, 1.82) is 0 Å². The van der Waals surface area contributed by atoms with Crippen molar-refractivity contribution in [2.45, 2.75) is 51.4 Å². The first-order valence-electron chi connectivity index (χ1n) is 9.08. The molecule has 1 aromatic carbocycles. The topological polar surface area (TPSA) is 51.0 Å². The van der Waals surface area contributed by atoms with Crippen LogP contribution in [0.3, 0.4) is 0 Å². The van der Waals surface area contributed by atoms with E-state index in [1.54, 1.807) is 14.2 Å². The highest BCUT2D eigenvalue weighted by Gasteiger charge is 2.53. The summed E-state index contributed by atoms with van der Waals surface area (Å²) in [7, 11) is 3.29. The van der Waals surface area contributed by atoms with Crippen LogP contribution in [0.25, 0.3) is 0 Å².